The summed E-state index contributed by atoms with van der Waals surface area (Å²) >= 11 is 1.44. The van der Waals surface area contributed by atoms with Gasteiger partial charge in [0.1, 0.15) is 35.2 Å². The van der Waals surface area contributed by atoms with E-state index in [4.69, 9.17) is 9.84 Å². The number of thioether (sulfide) groups is 1. The van der Waals surface area contributed by atoms with Crippen LogP contribution in [0.3, 0.4) is 0 Å². The molecule has 4 atom stereocenters. The first-order valence-corrected chi connectivity index (χ1v) is 7.23. The first-order chi connectivity index (χ1) is 9.67. The molecule has 1 saturated heterocycles. The molecular formula is C11H14N4O4S. The number of nitrogens with zero attached hydrogens (tertiary/aromatic N) is 4. The summed E-state index contributed by atoms with van der Waals surface area (Å²) in [6.45, 7) is -0.369. The second-order valence-corrected chi connectivity index (χ2v) is 5.23. The van der Waals surface area contributed by atoms with E-state index in [1.165, 1.54) is 24.4 Å². The minimum absolute atomic E-state index is 0.369. The maximum Gasteiger partial charge on any atom is 0.166 e. The predicted molar refractivity (Wildman–Crippen MR) is 70.1 cm³/mol. The van der Waals surface area contributed by atoms with Gasteiger partial charge < -0.3 is 20.1 Å². The van der Waals surface area contributed by atoms with Gasteiger partial charge in [-0.1, -0.05) is 0 Å². The van der Waals surface area contributed by atoms with Crippen LogP contribution in [0, 0.1) is 0 Å². The molecule has 0 saturated carbocycles. The summed E-state index contributed by atoms with van der Waals surface area (Å²) in [4.78, 5) is 12.5. The number of hydrogen-bond donors (Lipinski definition) is 3. The third-order valence-electron chi connectivity index (χ3n) is 3.31. The van der Waals surface area contributed by atoms with Gasteiger partial charge in [-0.15, -0.1) is 11.8 Å². The van der Waals surface area contributed by atoms with Crippen LogP contribution >= 0.6 is 11.8 Å². The molecule has 2 aromatic heterocycles. The lowest BCUT2D eigenvalue weighted by molar-refractivity contribution is -0.0511. The van der Waals surface area contributed by atoms with E-state index in [0.29, 0.717) is 11.2 Å². The molecule has 8 nitrogen and oxygen atoms in total. The lowest BCUT2D eigenvalue weighted by Crippen LogP contribution is -2.33. The molecule has 9 heteroatoms. The number of fused-ring (bicyclic) bond motifs is 1. The second-order valence-electron chi connectivity index (χ2n) is 4.44. The Kier molecular flexibility index (Phi) is 3.61. The summed E-state index contributed by atoms with van der Waals surface area (Å²) in [5.74, 6) is 0. The Balaban J connectivity index is 2.03. The Morgan fingerprint density at radius 3 is 2.75 bits per heavy atom. The number of aliphatic hydroxyl groups is 3. The van der Waals surface area contributed by atoms with E-state index in [1.807, 2.05) is 6.26 Å². The molecule has 3 heterocycles. The van der Waals surface area contributed by atoms with E-state index in [-0.39, 0.29) is 6.61 Å². The fraction of sp³-hybridized carbons (Fsp3) is 0.545. The van der Waals surface area contributed by atoms with Gasteiger partial charge in [0.15, 0.2) is 11.9 Å². The average molecular weight is 298 g/mol. The number of rotatable bonds is 3. The third-order valence-corrected chi connectivity index (χ3v) is 4.00. The zero-order chi connectivity index (χ0) is 14.3. The highest BCUT2D eigenvalue weighted by Gasteiger charge is 2.43. The minimum Gasteiger partial charge on any atom is -0.394 e. The minimum atomic E-state index is -1.16. The summed E-state index contributed by atoms with van der Waals surface area (Å²) in [7, 11) is 0. The Morgan fingerprint density at radius 2 is 2.10 bits per heavy atom. The number of aliphatic hydroxyl groups excluding tert-OH is 3. The molecule has 3 N–H and O–H groups in total. The molecule has 0 bridgehead atoms. The summed E-state index contributed by atoms with van der Waals surface area (Å²) in [6.07, 6.45) is 0.813. The van der Waals surface area contributed by atoms with Crippen molar-refractivity contribution in [1.29, 1.82) is 0 Å². The second kappa shape index (κ2) is 5.26. The molecule has 0 unspecified atom stereocenters. The van der Waals surface area contributed by atoms with Gasteiger partial charge in [-0.2, -0.15) is 0 Å². The molecule has 0 radical (unpaired) electrons. The van der Waals surface area contributed by atoms with Crippen molar-refractivity contribution in [2.75, 3.05) is 12.9 Å². The van der Waals surface area contributed by atoms with Crippen molar-refractivity contribution in [2.45, 2.75) is 29.6 Å². The van der Waals surface area contributed by atoms with Crippen molar-refractivity contribution < 1.29 is 20.1 Å². The van der Waals surface area contributed by atoms with Crippen molar-refractivity contribution in [3.05, 3.63) is 12.7 Å². The SMILES string of the molecule is CSc1ncnc2c1ncn2[C@@H]1O[C@@H](CO)[C@H](O)[C@H]1O. The van der Waals surface area contributed by atoms with E-state index in [9.17, 15) is 10.2 Å². The van der Waals surface area contributed by atoms with Crippen molar-refractivity contribution in [3.8, 4) is 0 Å². The fourth-order valence-corrected chi connectivity index (χ4v) is 2.77. The molecular weight excluding hydrogens is 284 g/mol. The van der Waals surface area contributed by atoms with Crippen LogP contribution in [0.5, 0.6) is 0 Å². The maximum absolute atomic E-state index is 10.0. The van der Waals surface area contributed by atoms with E-state index in [0.717, 1.165) is 5.03 Å². The van der Waals surface area contributed by atoms with Gasteiger partial charge in [-0.3, -0.25) is 4.57 Å². The number of hydrogen-bond acceptors (Lipinski definition) is 8. The van der Waals surface area contributed by atoms with Gasteiger partial charge in [-0.05, 0) is 6.26 Å². The number of ether oxygens (including phenoxy) is 1. The monoisotopic (exact) mass is 298 g/mol. The van der Waals surface area contributed by atoms with Crippen LogP contribution in [0.15, 0.2) is 17.7 Å². The number of aromatic nitrogens is 4. The first kappa shape index (κ1) is 13.7. The molecule has 1 fully saturated rings. The molecule has 0 spiro atoms. The van der Waals surface area contributed by atoms with Gasteiger partial charge in [0.2, 0.25) is 0 Å². The van der Waals surface area contributed by atoms with Crippen LogP contribution in [-0.4, -0.2) is 66.0 Å². The molecule has 1 aliphatic rings. The fourth-order valence-electron chi connectivity index (χ4n) is 2.28. The van der Waals surface area contributed by atoms with Crippen molar-refractivity contribution in [1.82, 2.24) is 19.5 Å². The van der Waals surface area contributed by atoms with E-state index < -0.39 is 24.5 Å². The molecule has 0 aromatic carbocycles. The zero-order valence-corrected chi connectivity index (χ0v) is 11.4. The quantitative estimate of drug-likeness (QED) is 0.496. The Morgan fingerprint density at radius 1 is 1.30 bits per heavy atom. The largest absolute Gasteiger partial charge is 0.394 e. The average Bonchev–Trinajstić information content (AvgIpc) is 3.01. The summed E-state index contributed by atoms with van der Waals surface area (Å²) in [5.41, 5.74) is 1.12. The van der Waals surface area contributed by atoms with Crippen LogP contribution in [0.1, 0.15) is 6.23 Å². The Labute approximate surface area is 118 Å². The van der Waals surface area contributed by atoms with E-state index >= 15 is 0 Å². The standard InChI is InChI=1S/C11H14N4O4S/c1-20-10-6-9(12-3-13-10)15(4-14-6)11-8(18)7(17)5(2-16)19-11/h3-5,7-8,11,16-18H,2H2,1H3/t5-,7-,8+,11+/m0/s1. The molecule has 0 aliphatic carbocycles. The van der Waals surface area contributed by atoms with Gasteiger partial charge in [0.05, 0.1) is 12.9 Å². The summed E-state index contributed by atoms with van der Waals surface area (Å²) < 4.78 is 7.01. The normalized spacial score (nSPS) is 30.2. The molecule has 2 aromatic rings. The van der Waals surface area contributed by atoms with Gasteiger partial charge in [0.25, 0.3) is 0 Å². The molecule has 20 heavy (non-hydrogen) atoms. The number of imidazole rings is 1. The van der Waals surface area contributed by atoms with Crippen molar-refractivity contribution >= 4 is 22.9 Å². The zero-order valence-electron chi connectivity index (χ0n) is 10.6. The maximum atomic E-state index is 10.0. The molecule has 0 amide bonds. The van der Waals surface area contributed by atoms with Crippen LogP contribution in [0.25, 0.3) is 11.2 Å². The van der Waals surface area contributed by atoms with Crippen molar-refractivity contribution in [3.63, 3.8) is 0 Å². The predicted octanol–water partition coefficient (Wildman–Crippen LogP) is -0.840. The molecule has 1 aliphatic heterocycles. The lowest BCUT2D eigenvalue weighted by Gasteiger charge is -2.16. The third kappa shape index (κ3) is 1.98. The van der Waals surface area contributed by atoms with Crippen LogP contribution in [0.2, 0.25) is 0 Å². The molecule has 3 rings (SSSR count). The topological polar surface area (TPSA) is 114 Å². The van der Waals surface area contributed by atoms with Gasteiger partial charge in [-0.25, -0.2) is 15.0 Å². The summed E-state index contributed by atoms with van der Waals surface area (Å²) in [6, 6.07) is 0. The van der Waals surface area contributed by atoms with Crippen LogP contribution in [-0.2, 0) is 4.74 Å². The van der Waals surface area contributed by atoms with E-state index in [2.05, 4.69) is 15.0 Å². The van der Waals surface area contributed by atoms with Gasteiger partial charge in [0, 0.05) is 0 Å². The van der Waals surface area contributed by atoms with Crippen LogP contribution in [0.4, 0.5) is 0 Å². The van der Waals surface area contributed by atoms with Crippen molar-refractivity contribution in [2.24, 2.45) is 0 Å². The smallest absolute Gasteiger partial charge is 0.166 e. The molecule has 108 valence electrons. The highest BCUT2D eigenvalue weighted by atomic mass is 32.2. The Hall–Kier alpha value is -1.26. The first-order valence-electron chi connectivity index (χ1n) is 6.01. The van der Waals surface area contributed by atoms with Crippen LogP contribution < -0.4 is 0 Å². The van der Waals surface area contributed by atoms with Gasteiger partial charge >= 0.3 is 0 Å². The lowest BCUT2D eigenvalue weighted by atomic mass is 10.1. The van der Waals surface area contributed by atoms with E-state index in [1.54, 1.807) is 4.57 Å². The highest BCUT2D eigenvalue weighted by molar-refractivity contribution is 7.98. The summed E-state index contributed by atoms with van der Waals surface area (Å²) in [5, 5.41) is 29.7. The Bertz CT molecular complexity index is 621. The highest BCUT2D eigenvalue weighted by Crippen LogP contribution is 2.32.